The van der Waals surface area contributed by atoms with E-state index in [-0.39, 0.29) is 12.2 Å². The zero-order valence-electron chi connectivity index (χ0n) is 9.11. The number of methoxy groups -OCH3 is 1. The van der Waals surface area contributed by atoms with E-state index in [0.29, 0.717) is 6.61 Å². The van der Waals surface area contributed by atoms with Crippen LogP contribution in [0.4, 0.5) is 0 Å². The van der Waals surface area contributed by atoms with Crippen LogP contribution in [0.5, 0.6) is 0 Å². The first-order valence-electron chi connectivity index (χ1n) is 5.21. The number of aliphatic hydroxyl groups excluding tert-OH is 1. The molecule has 1 aliphatic heterocycles. The molecule has 4 nitrogen and oxygen atoms in total. The third-order valence-electron chi connectivity index (χ3n) is 2.57. The first-order valence-corrected chi connectivity index (χ1v) is 5.21. The Balaban J connectivity index is 2.18. The van der Waals surface area contributed by atoms with E-state index >= 15 is 0 Å². The molecule has 0 amide bonds. The van der Waals surface area contributed by atoms with Crippen LogP contribution in [0.1, 0.15) is 12.8 Å². The lowest BCUT2D eigenvalue weighted by Crippen LogP contribution is -2.46. The zero-order valence-corrected chi connectivity index (χ0v) is 9.11. The van der Waals surface area contributed by atoms with E-state index in [4.69, 9.17) is 9.47 Å². The largest absolute Gasteiger partial charge is 0.390 e. The van der Waals surface area contributed by atoms with Crippen molar-refractivity contribution in [2.45, 2.75) is 25.0 Å². The summed E-state index contributed by atoms with van der Waals surface area (Å²) in [5.74, 6) is 0. The summed E-state index contributed by atoms with van der Waals surface area (Å²) in [5.41, 5.74) is 0. The molecule has 1 aliphatic rings. The Morgan fingerprint density at radius 1 is 1.64 bits per heavy atom. The molecule has 0 aliphatic carbocycles. The van der Waals surface area contributed by atoms with E-state index in [9.17, 15) is 5.11 Å². The third-order valence-corrected chi connectivity index (χ3v) is 2.57. The van der Waals surface area contributed by atoms with Crippen LogP contribution in [0.25, 0.3) is 0 Å². The fourth-order valence-electron chi connectivity index (χ4n) is 1.67. The summed E-state index contributed by atoms with van der Waals surface area (Å²) in [6.07, 6.45) is 1.27. The maximum absolute atomic E-state index is 9.81. The average molecular weight is 203 g/mol. The van der Waals surface area contributed by atoms with Gasteiger partial charge in [-0.25, -0.2) is 0 Å². The molecule has 1 saturated heterocycles. The van der Waals surface area contributed by atoms with Crippen LogP contribution >= 0.6 is 0 Å². The highest BCUT2D eigenvalue weighted by Crippen LogP contribution is 2.11. The topological polar surface area (TPSA) is 41.9 Å². The number of nitrogens with zero attached hydrogens (tertiary/aromatic N) is 1. The monoisotopic (exact) mass is 203 g/mol. The number of morpholine rings is 1. The van der Waals surface area contributed by atoms with Crippen LogP contribution in [-0.4, -0.2) is 62.7 Å². The first-order chi connectivity index (χ1) is 6.74. The van der Waals surface area contributed by atoms with Gasteiger partial charge in [-0.05, 0) is 19.9 Å². The first kappa shape index (κ1) is 11.9. The van der Waals surface area contributed by atoms with E-state index in [2.05, 4.69) is 11.9 Å². The Morgan fingerprint density at radius 2 is 2.43 bits per heavy atom. The van der Waals surface area contributed by atoms with Gasteiger partial charge in [-0.2, -0.15) is 0 Å². The van der Waals surface area contributed by atoms with Crippen molar-refractivity contribution in [2.24, 2.45) is 0 Å². The molecule has 1 fully saturated rings. The lowest BCUT2D eigenvalue weighted by molar-refractivity contribution is -0.0862. The maximum atomic E-state index is 9.81. The average Bonchev–Trinajstić information content (AvgIpc) is 2.18. The van der Waals surface area contributed by atoms with Gasteiger partial charge in [0.1, 0.15) is 0 Å². The van der Waals surface area contributed by atoms with E-state index in [1.165, 1.54) is 0 Å². The third kappa shape index (κ3) is 3.92. The van der Waals surface area contributed by atoms with Gasteiger partial charge in [0.05, 0.1) is 18.8 Å². The predicted octanol–water partition coefficient (Wildman–Crippen LogP) is 0.104. The minimum Gasteiger partial charge on any atom is -0.390 e. The normalized spacial score (nSPS) is 26.4. The van der Waals surface area contributed by atoms with Crippen LogP contribution in [0, 0.1) is 0 Å². The van der Waals surface area contributed by atoms with Crippen LogP contribution in [0.15, 0.2) is 0 Å². The Hall–Kier alpha value is -0.160. The number of ether oxygens (including phenoxy) is 2. The van der Waals surface area contributed by atoms with Gasteiger partial charge in [0.15, 0.2) is 0 Å². The molecule has 0 aromatic heterocycles. The van der Waals surface area contributed by atoms with Gasteiger partial charge in [-0.3, -0.25) is 0 Å². The standard InChI is InChI=1S/C10H21NO3/c1-11-5-7-14-10(8-11)9(12)4-3-6-13-2/h9-10,12H,3-8H2,1-2H3. The summed E-state index contributed by atoms with van der Waals surface area (Å²) in [6.45, 7) is 3.22. The lowest BCUT2D eigenvalue weighted by atomic mass is 10.1. The Morgan fingerprint density at radius 3 is 3.07 bits per heavy atom. The van der Waals surface area contributed by atoms with Gasteiger partial charge in [0.25, 0.3) is 0 Å². The highest BCUT2D eigenvalue weighted by Gasteiger charge is 2.24. The number of hydrogen-bond acceptors (Lipinski definition) is 4. The molecule has 14 heavy (non-hydrogen) atoms. The van der Waals surface area contributed by atoms with Gasteiger partial charge in [-0.1, -0.05) is 0 Å². The van der Waals surface area contributed by atoms with Crippen LogP contribution in [0.2, 0.25) is 0 Å². The maximum Gasteiger partial charge on any atom is 0.0960 e. The van der Waals surface area contributed by atoms with Crippen molar-refractivity contribution < 1.29 is 14.6 Å². The van der Waals surface area contributed by atoms with Crippen molar-refractivity contribution in [2.75, 3.05) is 40.5 Å². The van der Waals surface area contributed by atoms with Crippen molar-refractivity contribution in [3.63, 3.8) is 0 Å². The second kappa shape index (κ2) is 6.35. The summed E-state index contributed by atoms with van der Waals surface area (Å²) in [6, 6.07) is 0. The summed E-state index contributed by atoms with van der Waals surface area (Å²) < 4.78 is 10.4. The highest BCUT2D eigenvalue weighted by atomic mass is 16.5. The number of aliphatic hydroxyl groups is 1. The molecule has 0 radical (unpaired) electrons. The molecule has 2 unspecified atom stereocenters. The minimum atomic E-state index is -0.354. The minimum absolute atomic E-state index is 0.0226. The van der Waals surface area contributed by atoms with Crippen molar-refractivity contribution in [3.8, 4) is 0 Å². The summed E-state index contributed by atoms with van der Waals surface area (Å²) in [4.78, 5) is 2.19. The summed E-state index contributed by atoms with van der Waals surface area (Å²) >= 11 is 0. The number of rotatable bonds is 5. The van der Waals surface area contributed by atoms with Gasteiger partial charge in [-0.15, -0.1) is 0 Å². The molecule has 1 rings (SSSR count). The Labute approximate surface area is 85.8 Å². The zero-order chi connectivity index (χ0) is 10.4. The fraction of sp³-hybridized carbons (Fsp3) is 1.00. The van der Waals surface area contributed by atoms with Crippen molar-refractivity contribution in [1.82, 2.24) is 4.90 Å². The van der Waals surface area contributed by atoms with E-state index in [1.807, 2.05) is 0 Å². The molecule has 0 saturated carbocycles. The van der Waals surface area contributed by atoms with Gasteiger partial charge in [0, 0.05) is 26.8 Å². The second-order valence-electron chi connectivity index (χ2n) is 3.87. The summed E-state index contributed by atoms with van der Waals surface area (Å²) in [5, 5.41) is 9.81. The lowest BCUT2D eigenvalue weighted by Gasteiger charge is -2.32. The van der Waals surface area contributed by atoms with Crippen molar-refractivity contribution in [1.29, 1.82) is 0 Å². The van der Waals surface area contributed by atoms with Crippen molar-refractivity contribution >= 4 is 0 Å². The molecule has 4 heteroatoms. The van der Waals surface area contributed by atoms with Crippen LogP contribution in [0.3, 0.4) is 0 Å². The quantitative estimate of drug-likeness (QED) is 0.644. The smallest absolute Gasteiger partial charge is 0.0960 e. The molecule has 0 aromatic rings. The van der Waals surface area contributed by atoms with E-state index < -0.39 is 0 Å². The predicted molar refractivity (Wildman–Crippen MR) is 54.4 cm³/mol. The second-order valence-corrected chi connectivity index (χ2v) is 3.87. The van der Waals surface area contributed by atoms with Crippen LogP contribution < -0.4 is 0 Å². The van der Waals surface area contributed by atoms with Crippen LogP contribution in [-0.2, 0) is 9.47 Å². The SMILES string of the molecule is COCCCC(O)C1CN(C)CCO1. The van der Waals surface area contributed by atoms with Crippen molar-refractivity contribution in [3.05, 3.63) is 0 Å². The van der Waals surface area contributed by atoms with Gasteiger partial charge >= 0.3 is 0 Å². The van der Waals surface area contributed by atoms with Gasteiger partial charge in [0.2, 0.25) is 0 Å². The number of likely N-dealkylation sites (N-methyl/N-ethyl adjacent to an activating group) is 1. The van der Waals surface area contributed by atoms with E-state index in [0.717, 1.165) is 32.5 Å². The molecule has 0 aromatic carbocycles. The summed E-state index contributed by atoms with van der Waals surface area (Å²) in [7, 11) is 3.73. The molecule has 0 spiro atoms. The molecular weight excluding hydrogens is 182 g/mol. The molecular formula is C10H21NO3. The van der Waals surface area contributed by atoms with Gasteiger partial charge < -0.3 is 19.5 Å². The Kier molecular flexibility index (Phi) is 5.40. The molecule has 1 heterocycles. The number of hydrogen-bond donors (Lipinski definition) is 1. The molecule has 0 bridgehead atoms. The Bertz CT molecular complexity index is 154. The molecule has 2 atom stereocenters. The van der Waals surface area contributed by atoms with E-state index in [1.54, 1.807) is 7.11 Å². The molecule has 84 valence electrons. The highest BCUT2D eigenvalue weighted by molar-refractivity contribution is 4.75. The molecule has 1 N–H and O–H groups in total. The fourth-order valence-corrected chi connectivity index (χ4v) is 1.67.